The molecular formula is C16H15FN2O2S2. The summed E-state index contributed by atoms with van der Waals surface area (Å²) in [5, 5.41) is 2.83. The van der Waals surface area contributed by atoms with Crippen LogP contribution >= 0.6 is 11.3 Å². The molecule has 23 heavy (non-hydrogen) atoms. The summed E-state index contributed by atoms with van der Waals surface area (Å²) in [5.74, 6) is 0. The summed E-state index contributed by atoms with van der Waals surface area (Å²) in [6, 6.07) is 16.5. The molecule has 7 heteroatoms. The molecule has 3 aromatic rings. The Bertz CT molecular complexity index is 862. The van der Waals surface area contributed by atoms with Gasteiger partial charge in [0.25, 0.3) is 0 Å². The van der Waals surface area contributed by atoms with E-state index < -0.39 is 15.3 Å². The summed E-state index contributed by atoms with van der Waals surface area (Å²) in [6.45, 7) is 0.143. The molecule has 0 bridgehead atoms. The summed E-state index contributed by atoms with van der Waals surface area (Å²) in [5.41, 5.74) is -0.482. The highest BCUT2D eigenvalue weighted by Crippen LogP contribution is 2.27. The number of nitrogens with one attached hydrogen (secondary N) is 1. The third-order valence-electron chi connectivity index (χ3n) is 3.33. The molecule has 1 aromatic heterocycles. The molecule has 0 aliphatic heterocycles. The van der Waals surface area contributed by atoms with E-state index in [9.17, 15) is 12.8 Å². The van der Waals surface area contributed by atoms with E-state index in [1.807, 2.05) is 30.3 Å². The molecule has 120 valence electrons. The van der Waals surface area contributed by atoms with Gasteiger partial charge in [0.1, 0.15) is 0 Å². The lowest BCUT2D eigenvalue weighted by Gasteiger charge is -2.09. The maximum absolute atomic E-state index is 14.2. The van der Waals surface area contributed by atoms with Crippen molar-refractivity contribution in [3.05, 3.63) is 60.2 Å². The second-order valence-electron chi connectivity index (χ2n) is 5.02. The minimum atomic E-state index is -4.08. The third kappa shape index (κ3) is 3.57. The lowest BCUT2D eigenvalue weighted by Crippen LogP contribution is -2.29. The minimum Gasteiger partial charge on any atom is -0.309 e. The van der Waals surface area contributed by atoms with Crippen LogP contribution in [0.15, 0.2) is 58.9 Å². The van der Waals surface area contributed by atoms with Crippen LogP contribution < -0.4 is 5.32 Å². The normalized spacial score (nSPS) is 13.3. The highest BCUT2D eigenvalue weighted by Gasteiger charge is 2.30. The lowest BCUT2D eigenvalue weighted by atomic mass is 10.2. The predicted octanol–water partition coefficient (Wildman–Crippen LogP) is 3.16. The van der Waals surface area contributed by atoms with Gasteiger partial charge in [-0.1, -0.05) is 42.5 Å². The van der Waals surface area contributed by atoms with Gasteiger partial charge >= 0.3 is 0 Å². The largest absolute Gasteiger partial charge is 0.309 e. The molecule has 4 nitrogen and oxygen atoms in total. The Hall–Kier alpha value is -1.83. The maximum Gasteiger partial charge on any atom is 0.238 e. The van der Waals surface area contributed by atoms with E-state index >= 15 is 0 Å². The zero-order valence-corrected chi connectivity index (χ0v) is 13.8. The minimum absolute atomic E-state index is 0.173. The van der Waals surface area contributed by atoms with Gasteiger partial charge in [0.2, 0.25) is 19.7 Å². The van der Waals surface area contributed by atoms with Crippen LogP contribution in [-0.2, 0) is 16.4 Å². The van der Waals surface area contributed by atoms with Gasteiger partial charge in [-0.05, 0) is 17.7 Å². The van der Waals surface area contributed by atoms with Gasteiger partial charge in [0.05, 0.1) is 10.2 Å². The van der Waals surface area contributed by atoms with Crippen molar-refractivity contribution >= 4 is 31.4 Å². The van der Waals surface area contributed by atoms with E-state index in [4.69, 9.17) is 0 Å². The van der Waals surface area contributed by atoms with E-state index in [1.165, 1.54) is 0 Å². The molecule has 2 aromatic carbocycles. The fourth-order valence-electron chi connectivity index (χ4n) is 2.12. The van der Waals surface area contributed by atoms with Crippen molar-refractivity contribution in [3.8, 4) is 0 Å². The van der Waals surface area contributed by atoms with Crippen LogP contribution in [-0.4, -0.2) is 25.5 Å². The first-order valence-corrected chi connectivity index (χ1v) is 9.42. The van der Waals surface area contributed by atoms with Crippen molar-refractivity contribution in [1.82, 2.24) is 10.3 Å². The number of sulfone groups is 1. The van der Waals surface area contributed by atoms with Gasteiger partial charge in [-0.3, -0.25) is 0 Å². The maximum atomic E-state index is 14.2. The first-order valence-electron chi connectivity index (χ1n) is 7.05. The fraction of sp³-hybridized carbons (Fsp3) is 0.188. The number of hydrogen-bond donors (Lipinski definition) is 1. The van der Waals surface area contributed by atoms with E-state index in [-0.39, 0.29) is 10.9 Å². The average Bonchev–Trinajstić information content (AvgIpc) is 3.00. The Morgan fingerprint density at radius 1 is 1.09 bits per heavy atom. The number of hydrogen-bond acceptors (Lipinski definition) is 5. The number of fused-ring (bicyclic) bond motifs is 1. The zero-order valence-electron chi connectivity index (χ0n) is 12.1. The Morgan fingerprint density at radius 2 is 1.78 bits per heavy atom. The molecule has 1 N–H and O–H groups in total. The lowest BCUT2D eigenvalue weighted by molar-refractivity contribution is 0.398. The number of alkyl halides is 1. The Balaban J connectivity index is 1.68. The Kier molecular flexibility index (Phi) is 4.70. The molecule has 0 saturated heterocycles. The molecule has 3 rings (SSSR count). The van der Waals surface area contributed by atoms with Crippen LogP contribution in [0.1, 0.15) is 5.56 Å². The summed E-state index contributed by atoms with van der Waals surface area (Å²) in [4.78, 5) is 4.03. The molecule has 1 atom stereocenters. The van der Waals surface area contributed by atoms with Gasteiger partial charge < -0.3 is 5.32 Å². The first kappa shape index (κ1) is 16.0. The molecule has 0 aliphatic rings. The fourth-order valence-corrected chi connectivity index (χ4v) is 4.64. The molecule has 0 spiro atoms. The molecule has 0 aliphatic carbocycles. The van der Waals surface area contributed by atoms with Crippen molar-refractivity contribution < 1.29 is 12.8 Å². The van der Waals surface area contributed by atoms with Gasteiger partial charge in [0.15, 0.2) is 0 Å². The summed E-state index contributed by atoms with van der Waals surface area (Å²) >= 11 is 0.996. The standard InChI is InChI=1S/C16H15FN2O2S2/c17-15(11-18-10-12-6-2-1-3-7-12)23(20,21)16-19-13-8-4-5-9-14(13)22-16/h1-9,15,18H,10-11H2. The second kappa shape index (κ2) is 6.74. The number of nitrogens with zero attached hydrogens (tertiary/aromatic N) is 1. The van der Waals surface area contributed by atoms with E-state index in [2.05, 4.69) is 10.3 Å². The third-order valence-corrected chi connectivity index (χ3v) is 6.53. The van der Waals surface area contributed by atoms with Crippen molar-refractivity contribution in [3.63, 3.8) is 0 Å². The number of benzene rings is 2. The monoisotopic (exact) mass is 350 g/mol. The molecule has 0 radical (unpaired) electrons. The first-order chi connectivity index (χ1) is 11.1. The summed E-state index contributed by atoms with van der Waals surface area (Å²) in [6.07, 6.45) is 0. The number of thiazole rings is 1. The highest BCUT2D eigenvalue weighted by molar-refractivity contribution is 7.93. The smallest absolute Gasteiger partial charge is 0.238 e. The van der Waals surface area contributed by atoms with Crippen LogP contribution in [0.2, 0.25) is 0 Å². The number of para-hydroxylation sites is 1. The van der Waals surface area contributed by atoms with Crippen LogP contribution in [0.4, 0.5) is 4.39 Å². The molecule has 1 heterocycles. The average molecular weight is 350 g/mol. The SMILES string of the molecule is O=S(=O)(c1nc2ccccc2s1)C(F)CNCc1ccccc1. The summed E-state index contributed by atoms with van der Waals surface area (Å²) < 4.78 is 39.3. The van der Waals surface area contributed by atoms with Gasteiger partial charge in [-0.25, -0.2) is 17.8 Å². The Labute approximate surface area is 137 Å². The molecule has 0 saturated carbocycles. The van der Waals surface area contributed by atoms with E-state index in [0.29, 0.717) is 12.1 Å². The van der Waals surface area contributed by atoms with E-state index in [1.54, 1.807) is 24.3 Å². The van der Waals surface area contributed by atoms with Crippen molar-refractivity contribution in [1.29, 1.82) is 0 Å². The summed E-state index contributed by atoms with van der Waals surface area (Å²) in [7, 11) is -4.08. The predicted molar refractivity (Wildman–Crippen MR) is 89.9 cm³/mol. The van der Waals surface area contributed by atoms with Crippen LogP contribution in [0.5, 0.6) is 0 Å². The van der Waals surface area contributed by atoms with Crippen molar-refractivity contribution in [2.45, 2.75) is 16.4 Å². The quantitative estimate of drug-likeness (QED) is 0.742. The topological polar surface area (TPSA) is 59.1 Å². The zero-order chi connectivity index (χ0) is 16.3. The molecular weight excluding hydrogens is 335 g/mol. The highest BCUT2D eigenvalue weighted by atomic mass is 32.2. The second-order valence-corrected chi connectivity index (χ2v) is 8.30. The number of rotatable bonds is 6. The van der Waals surface area contributed by atoms with Gasteiger partial charge in [0, 0.05) is 13.1 Å². The van der Waals surface area contributed by atoms with Crippen LogP contribution in [0, 0.1) is 0 Å². The van der Waals surface area contributed by atoms with Crippen molar-refractivity contribution in [2.75, 3.05) is 6.54 Å². The van der Waals surface area contributed by atoms with E-state index in [0.717, 1.165) is 21.6 Å². The number of halogens is 1. The van der Waals surface area contributed by atoms with Crippen LogP contribution in [0.25, 0.3) is 10.2 Å². The molecule has 0 amide bonds. The Morgan fingerprint density at radius 3 is 2.52 bits per heavy atom. The van der Waals surface area contributed by atoms with Gasteiger partial charge in [-0.2, -0.15) is 0 Å². The van der Waals surface area contributed by atoms with Crippen LogP contribution in [0.3, 0.4) is 0 Å². The van der Waals surface area contributed by atoms with Crippen molar-refractivity contribution in [2.24, 2.45) is 0 Å². The number of aromatic nitrogens is 1. The molecule has 0 fully saturated rings. The molecule has 1 unspecified atom stereocenters. The van der Waals surface area contributed by atoms with Gasteiger partial charge in [-0.15, -0.1) is 11.3 Å².